The zero-order chi connectivity index (χ0) is 17.9. The van der Waals surface area contributed by atoms with Crippen molar-refractivity contribution < 1.29 is 9.90 Å². The van der Waals surface area contributed by atoms with E-state index in [1.165, 1.54) is 16.5 Å². The molecule has 4 rings (SSSR count). The minimum atomic E-state index is -0.878. The maximum absolute atomic E-state index is 11.0. The Bertz CT molecular complexity index is 893. The third kappa shape index (κ3) is 3.44. The number of aromatic amines is 1. The van der Waals surface area contributed by atoms with Crippen molar-refractivity contribution in [3.8, 4) is 0 Å². The maximum Gasteiger partial charge on any atom is 0.335 e. The highest BCUT2D eigenvalue weighted by molar-refractivity contribution is 5.88. The molecule has 0 unspecified atom stereocenters. The molecule has 134 valence electrons. The van der Waals surface area contributed by atoms with Crippen LogP contribution in [0.4, 0.5) is 5.69 Å². The minimum Gasteiger partial charge on any atom is -0.478 e. The lowest BCUT2D eigenvalue weighted by Crippen LogP contribution is -2.42. The number of anilines is 1. The van der Waals surface area contributed by atoms with Crippen molar-refractivity contribution in [3.05, 3.63) is 65.9 Å². The van der Waals surface area contributed by atoms with Crippen LogP contribution in [-0.4, -0.2) is 35.2 Å². The number of carboxylic acid groups (broad SMARTS) is 1. The van der Waals surface area contributed by atoms with Gasteiger partial charge in [-0.05, 0) is 54.1 Å². The van der Waals surface area contributed by atoms with Crippen molar-refractivity contribution in [1.82, 2.24) is 10.3 Å². The molecule has 0 radical (unpaired) electrons. The van der Waals surface area contributed by atoms with Gasteiger partial charge in [0.1, 0.15) is 0 Å². The lowest BCUT2D eigenvalue weighted by molar-refractivity contribution is 0.0697. The van der Waals surface area contributed by atoms with Crippen molar-refractivity contribution in [3.63, 3.8) is 0 Å². The molecular weight excluding hydrogens is 326 g/mol. The average Bonchev–Trinajstić information content (AvgIpc) is 3.16. The van der Waals surface area contributed by atoms with E-state index in [0.717, 1.165) is 38.2 Å². The van der Waals surface area contributed by atoms with Crippen LogP contribution in [0.15, 0.2) is 54.7 Å². The zero-order valence-electron chi connectivity index (χ0n) is 14.6. The summed E-state index contributed by atoms with van der Waals surface area (Å²) in [5.74, 6) is -0.878. The number of aromatic nitrogens is 1. The largest absolute Gasteiger partial charge is 0.478 e. The highest BCUT2D eigenvalue weighted by Crippen LogP contribution is 2.22. The van der Waals surface area contributed by atoms with Crippen molar-refractivity contribution in [2.24, 2.45) is 0 Å². The van der Waals surface area contributed by atoms with E-state index in [1.54, 1.807) is 12.1 Å². The van der Waals surface area contributed by atoms with Crippen LogP contribution in [0.2, 0.25) is 0 Å². The van der Waals surface area contributed by atoms with Crippen LogP contribution in [0.5, 0.6) is 0 Å². The summed E-state index contributed by atoms with van der Waals surface area (Å²) in [7, 11) is 0. The number of piperidine rings is 1. The highest BCUT2D eigenvalue weighted by atomic mass is 16.4. The van der Waals surface area contributed by atoms with E-state index in [9.17, 15) is 4.79 Å². The predicted molar refractivity (Wildman–Crippen MR) is 104 cm³/mol. The van der Waals surface area contributed by atoms with Crippen LogP contribution < -0.4 is 10.2 Å². The normalized spacial score (nSPS) is 15.5. The molecular formula is C21H23N3O2. The fourth-order valence-electron chi connectivity index (χ4n) is 3.71. The summed E-state index contributed by atoms with van der Waals surface area (Å²) in [6, 6.07) is 16.2. The van der Waals surface area contributed by atoms with Gasteiger partial charge in [0.2, 0.25) is 0 Å². The Kier molecular flexibility index (Phi) is 4.63. The Morgan fingerprint density at radius 3 is 2.62 bits per heavy atom. The van der Waals surface area contributed by atoms with E-state index in [1.807, 2.05) is 18.3 Å². The van der Waals surface area contributed by atoms with Gasteiger partial charge >= 0.3 is 5.97 Å². The van der Waals surface area contributed by atoms with Crippen LogP contribution >= 0.6 is 0 Å². The second-order valence-electron chi connectivity index (χ2n) is 6.85. The molecule has 1 aliphatic rings. The van der Waals surface area contributed by atoms with Gasteiger partial charge in [-0.1, -0.05) is 18.2 Å². The molecule has 3 N–H and O–H groups in total. The van der Waals surface area contributed by atoms with E-state index in [0.29, 0.717) is 11.6 Å². The predicted octanol–water partition coefficient (Wildman–Crippen LogP) is 3.62. The van der Waals surface area contributed by atoms with Crippen molar-refractivity contribution in [1.29, 1.82) is 0 Å². The van der Waals surface area contributed by atoms with Gasteiger partial charge in [-0.25, -0.2) is 4.79 Å². The van der Waals surface area contributed by atoms with Gasteiger partial charge in [-0.3, -0.25) is 0 Å². The molecule has 26 heavy (non-hydrogen) atoms. The first-order valence-corrected chi connectivity index (χ1v) is 9.07. The van der Waals surface area contributed by atoms with Crippen molar-refractivity contribution in [2.75, 3.05) is 18.0 Å². The topological polar surface area (TPSA) is 68.4 Å². The number of rotatable bonds is 5. The molecule has 0 amide bonds. The quantitative estimate of drug-likeness (QED) is 0.658. The van der Waals surface area contributed by atoms with Gasteiger partial charge in [0.25, 0.3) is 0 Å². The molecule has 1 aromatic heterocycles. The summed E-state index contributed by atoms with van der Waals surface area (Å²) in [6.07, 6.45) is 4.16. The van der Waals surface area contributed by atoms with Gasteiger partial charge in [0.05, 0.1) is 5.56 Å². The van der Waals surface area contributed by atoms with E-state index < -0.39 is 5.97 Å². The monoisotopic (exact) mass is 349 g/mol. The van der Waals surface area contributed by atoms with E-state index >= 15 is 0 Å². The van der Waals surface area contributed by atoms with Gasteiger partial charge in [-0.15, -0.1) is 0 Å². The number of nitrogens with zero attached hydrogens (tertiary/aromatic N) is 1. The number of aromatic carboxylic acids is 1. The highest BCUT2D eigenvalue weighted by Gasteiger charge is 2.19. The molecule has 0 spiro atoms. The standard InChI is InChI=1S/C21H23N3O2/c25-21(26)16-4-6-19(7-5-16)24-12-9-18(10-13-24)23-14-17-3-1-2-15-8-11-22-20(15)17/h1-8,11,18,22-23H,9-10,12-14H2,(H,25,26). The fourth-order valence-corrected chi connectivity index (χ4v) is 3.71. The van der Waals surface area contributed by atoms with E-state index in [4.69, 9.17) is 5.11 Å². The second-order valence-corrected chi connectivity index (χ2v) is 6.85. The molecule has 0 aliphatic carbocycles. The maximum atomic E-state index is 11.0. The number of benzene rings is 2. The van der Waals surface area contributed by atoms with Crippen LogP contribution in [0.25, 0.3) is 10.9 Å². The van der Waals surface area contributed by atoms with Gasteiger partial charge < -0.3 is 20.3 Å². The lowest BCUT2D eigenvalue weighted by Gasteiger charge is -2.34. The van der Waals surface area contributed by atoms with E-state index in [2.05, 4.69) is 39.5 Å². The summed E-state index contributed by atoms with van der Waals surface area (Å²) < 4.78 is 0. The Labute approximate surface area is 152 Å². The average molecular weight is 349 g/mol. The number of hydrogen-bond acceptors (Lipinski definition) is 3. The first-order valence-electron chi connectivity index (χ1n) is 9.07. The first-order chi connectivity index (χ1) is 12.7. The van der Waals surface area contributed by atoms with Crippen LogP contribution in [0.3, 0.4) is 0 Å². The molecule has 2 heterocycles. The molecule has 1 saturated heterocycles. The second kappa shape index (κ2) is 7.22. The summed E-state index contributed by atoms with van der Waals surface area (Å²) in [5.41, 5.74) is 3.96. The summed E-state index contributed by atoms with van der Waals surface area (Å²) in [6.45, 7) is 2.84. The number of carboxylic acids is 1. The summed E-state index contributed by atoms with van der Waals surface area (Å²) in [5, 5.41) is 13.9. The molecule has 0 saturated carbocycles. The summed E-state index contributed by atoms with van der Waals surface area (Å²) >= 11 is 0. The number of para-hydroxylation sites is 1. The minimum absolute atomic E-state index is 0.337. The number of H-pyrrole nitrogens is 1. The SMILES string of the molecule is O=C(O)c1ccc(N2CCC(NCc3cccc4cc[nH]c34)CC2)cc1. The van der Waals surface area contributed by atoms with Gasteiger partial charge in [0.15, 0.2) is 0 Å². The molecule has 0 bridgehead atoms. The van der Waals surface area contributed by atoms with Crippen LogP contribution in [0, 0.1) is 0 Å². The van der Waals surface area contributed by atoms with Crippen LogP contribution in [-0.2, 0) is 6.54 Å². The number of nitrogens with one attached hydrogen (secondary N) is 2. The molecule has 2 aromatic carbocycles. The molecule has 0 atom stereocenters. The summed E-state index contributed by atoms with van der Waals surface area (Å²) in [4.78, 5) is 16.6. The zero-order valence-corrected chi connectivity index (χ0v) is 14.6. The molecule has 5 heteroatoms. The Hall–Kier alpha value is -2.79. The third-order valence-electron chi connectivity index (χ3n) is 5.23. The third-order valence-corrected chi connectivity index (χ3v) is 5.23. The van der Waals surface area contributed by atoms with Crippen molar-refractivity contribution >= 4 is 22.6 Å². The van der Waals surface area contributed by atoms with Gasteiger partial charge in [-0.2, -0.15) is 0 Å². The lowest BCUT2D eigenvalue weighted by atomic mass is 10.0. The smallest absolute Gasteiger partial charge is 0.335 e. The molecule has 5 nitrogen and oxygen atoms in total. The molecule has 3 aromatic rings. The van der Waals surface area contributed by atoms with Crippen molar-refractivity contribution in [2.45, 2.75) is 25.4 Å². The Morgan fingerprint density at radius 1 is 1.12 bits per heavy atom. The van der Waals surface area contributed by atoms with Gasteiger partial charge in [0, 0.05) is 43.1 Å². The molecule has 1 fully saturated rings. The molecule has 1 aliphatic heterocycles. The van der Waals surface area contributed by atoms with Crippen LogP contribution in [0.1, 0.15) is 28.8 Å². The fraction of sp³-hybridized carbons (Fsp3) is 0.286. The number of hydrogen-bond donors (Lipinski definition) is 3. The number of fused-ring (bicyclic) bond motifs is 1. The first kappa shape index (κ1) is 16.7. The Balaban J connectivity index is 1.32. The Morgan fingerprint density at radius 2 is 1.88 bits per heavy atom. The number of carbonyl (C=O) groups is 1. The van der Waals surface area contributed by atoms with E-state index in [-0.39, 0.29) is 0 Å².